The molecular formula is C22H20N2O5S. The summed E-state index contributed by atoms with van der Waals surface area (Å²) in [5.74, 6) is -0.0526. The Morgan fingerprint density at radius 1 is 0.900 bits per heavy atom. The molecule has 2 aliphatic carbocycles. The molecule has 2 aromatic carbocycles. The van der Waals surface area contributed by atoms with Gasteiger partial charge in [-0.15, -0.1) is 0 Å². The van der Waals surface area contributed by atoms with Crippen LogP contribution in [-0.2, 0) is 19.6 Å². The van der Waals surface area contributed by atoms with Gasteiger partial charge >= 0.3 is 0 Å². The van der Waals surface area contributed by atoms with Crippen molar-refractivity contribution < 1.29 is 22.7 Å². The summed E-state index contributed by atoms with van der Waals surface area (Å²) in [6.45, 7) is 0. The molecule has 7 nitrogen and oxygen atoms in total. The molecule has 1 saturated heterocycles. The van der Waals surface area contributed by atoms with E-state index in [-0.39, 0.29) is 40.4 Å². The molecule has 5 rings (SSSR count). The van der Waals surface area contributed by atoms with Gasteiger partial charge in [0, 0.05) is 5.69 Å². The number of allylic oxidation sites excluding steroid dienone is 2. The SMILES string of the molecule is COc1ccc(NS(=O)(=O)c2ccc(N3C(=O)C4C5C=C[C@H](C5)C4C3=O)cc2)cc1. The van der Waals surface area contributed by atoms with Crippen LogP contribution in [0.3, 0.4) is 0 Å². The van der Waals surface area contributed by atoms with Crippen LogP contribution in [0.4, 0.5) is 11.4 Å². The molecule has 3 unspecified atom stereocenters. The van der Waals surface area contributed by atoms with Crippen molar-refractivity contribution in [3.63, 3.8) is 0 Å². The topological polar surface area (TPSA) is 92.8 Å². The van der Waals surface area contributed by atoms with Gasteiger partial charge < -0.3 is 4.74 Å². The normalized spacial score (nSPS) is 26.9. The molecule has 1 heterocycles. The first kappa shape index (κ1) is 18.9. The van der Waals surface area contributed by atoms with Crippen LogP contribution in [0, 0.1) is 23.7 Å². The fourth-order valence-corrected chi connectivity index (χ4v) is 5.86. The first-order chi connectivity index (χ1) is 14.4. The zero-order chi connectivity index (χ0) is 21.0. The Morgan fingerprint density at radius 3 is 2.00 bits per heavy atom. The molecule has 2 bridgehead atoms. The van der Waals surface area contributed by atoms with E-state index in [4.69, 9.17) is 4.74 Å². The minimum atomic E-state index is -3.81. The van der Waals surface area contributed by atoms with Gasteiger partial charge in [0.25, 0.3) is 10.0 Å². The highest BCUT2D eigenvalue weighted by atomic mass is 32.2. The van der Waals surface area contributed by atoms with E-state index >= 15 is 0 Å². The lowest BCUT2D eigenvalue weighted by molar-refractivity contribution is -0.123. The van der Waals surface area contributed by atoms with Crippen molar-refractivity contribution in [3.05, 3.63) is 60.7 Å². The third kappa shape index (κ3) is 2.82. The van der Waals surface area contributed by atoms with E-state index in [1.54, 1.807) is 24.3 Å². The third-order valence-electron chi connectivity index (χ3n) is 6.22. The molecule has 154 valence electrons. The van der Waals surface area contributed by atoms with Crippen molar-refractivity contribution in [1.82, 2.24) is 0 Å². The molecule has 1 N–H and O–H groups in total. The van der Waals surface area contributed by atoms with E-state index < -0.39 is 10.0 Å². The Hall–Kier alpha value is -3.13. The standard InChI is InChI=1S/C22H20N2O5S/c1-29-17-8-4-15(5-9-17)23-30(27,28)18-10-6-16(7-11-18)24-21(25)19-13-2-3-14(12-13)20(19)22(24)26/h2-11,13-14,19-20,23H,12H2,1H3/t13-,14?,19?,20?/m1/s1. The van der Waals surface area contributed by atoms with E-state index in [2.05, 4.69) is 4.72 Å². The van der Waals surface area contributed by atoms with Crippen molar-refractivity contribution in [2.24, 2.45) is 23.7 Å². The van der Waals surface area contributed by atoms with Crippen LogP contribution in [0.25, 0.3) is 0 Å². The number of hydrogen-bond acceptors (Lipinski definition) is 5. The molecule has 30 heavy (non-hydrogen) atoms. The highest BCUT2D eigenvalue weighted by molar-refractivity contribution is 7.92. The Bertz CT molecular complexity index is 1130. The Morgan fingerprint density at radius 2 is 1.47 bits per heavy atom. The van der Waals surface area contributed by atoms with E-state index in [1.165, 1.54) is 36.3 Å². The minimum Gasteiger partial charge on any atom is -0.497 e. The second-order valence-electron chi connectivity index (χ2n) is 7.84. The van der Waals surface area contributed by atoms with Gasteiger partial charge in [-0.2, -0.15) is 0 Å². The Balaban J connectivity index is 1.36. The largest absolute Gasteiger partial charge is 0.497 e. The van der Waals surface area contributed by atoms with Gasteiger partial charge in [-0.05, 0) is 66.8 Å². The summed E-state index contributed by atoms with van der Waals surface area (Å²) >= 11 is 0. The molecular weight excluding hydrogens is 404 g/mol. The first-order valence-corrected chi connectivity index (χ1v) is 11.2. The third-order valence-corrected chi connectivity index (χ3v) is 7.61. The molecule has 4 atom stereocenters. The van der Waals surface area contributed by atoms with E-state index in [1.807, 2.05) is 12.2 Å². The lowest BCUT2D eigenvalue weighted by atomic mass is 9.85. The fraction of sp³-hybridized carbons (Fsp3) is 0.273. The summed E-state index contributed by atoms with van der Waals surface area (Å²) in [6.07, 6.45) is 4.96. The summed E-state index contributed by atoms with van der Waals surface area (Å²) in [7, 11) is -2.28. The van der Waals surface area contributed by atoms with Gasteiger partial charge in [0.15, 0.2) is 0 Å². The van der Waals surface area contributed by atoms with Crippen LogP contribution in [0.5, 0.6) is 5.75 Å². The maximum absolute atomic E-state index is 12.9. The number of methoxy groups -OCH3 is 1. The number of imide groups is 1. The van der Waals surface area contributed by atoms with Crippen molar-refractivity contribution >= 4 is 33.2 Å². The number of nitrogens with one attached hydrogen (secondary N) is 1. The number of amides is 2. The number of anilines is 2. The summed E-state index contributed by atoms with van der Waals surface area (Å²) < 4.78 is 32.9. The fourth-order valence-electron chi connectivity index (χ4n) is 4.80. The average Bonchev–Trinajstić information content (AvgIpc) is 3.42. The van der Waals surface area contributed by atoms with Crippen LogP contribution >= 0.6 is 0 Å². The molecule has 0 aromatic heterocycles. The lowest BCUT2D eigenvalue weighted by Crippen LogP contribution is -2.32. The van der Waals surface area contributed by atoms with Crippen molar-refractivity contribution in [3.8, 4) is 5.75 Å². The van der Waals surface area contributed by atoms with E-state index in [9.17, 15) is 18.0 Å². The highest BCUT2D eigenvalue weighted by Gasteiger charge is 2.59. The number of fused-ring (bicyclic) bond motifs is 5. The molecule has 2 aromatic rings. The summed E-state index contributed by atoms with van der Waals surface area (Å²) in [4.78, 5) is 27.0. The van der Waals surface area contributed by atoms with Gasteiger partial charge in [0.05, 0.1) is 29.5 Å². The van der Waals surface area contributed by atoms with Crippen LogP contribution in [0.2, 0.25) is 0 Å². The number of nitrogens with zero attached hydrogens (tertiary/aromatic N) is 1. The van der Waals surface area contributed by atoms with Gasteiger partial charge in [-0.25, -0.2) is 8.42 Å². The smallest absolute Gasteiger partial charge is 0.261 e. The molecule has 3 aliphatic rings. The predicted octanol–water partition coefficient (Wildman–Crippen LogP) is 2.81. The monoisotopic (exact) mass is 424 g/mol. The molecule has 1 saturated carbocycles. The maximum atomic E-state index is 12.9. The van der Waals surface area contributed by atoms with Crippen molar-refractivity contribution in [1.29, 1.82) is 0 Å². The molecule has 8 heteroatoms. The molecule has 2 amide bonds. The molecule has 0 spiro atoms. The van der Waals surface area contributed by atoms with Gasteiger partial charge in [0.1, 0.15) is 5.75 Å². The molecule has 2 fully saturated rings. The second-order valence-corrected chi connectivity index (χ2v) is 9.52. The first-order valence-electron chi connectivity index (χ1n) is 9.72. The van der Waals surface area contributed by atoms with Gasteiger partial charge in [-0.3, -0.25) is 19.2 Å². The van der Waals surface area contributed by atoms with E-state index in [0.717, 1.165) is 6.42 Å². The van der Waals surface area contributed by atoms with Crippen LogP contribution in [0.1, 0.15) is 6.42 Å². The van der Waals surface area contributed by atoms with Crippen LogP contribution in [0.15, 0.2) is 65.6 Å². The summed E-state index contributed by atoms with van der Waals surface area (Å²) in [5.41, 5.74) is 0.808. The predicted molar refractivity (Wildman–Crippen MR) is 110 cm³/mol. The number of ether oxygens (including phenoxy) is 1. The number of sulfonamides is 1. The second kappa shape index (κ2) is 6.70. The van der Waals surface area contributed by atoms with Gasteiger partial charge in [0.2, 0.25) is 11.8 Å². The maximum Gasteiger partial charge on any atom is 0.261 e. The summed E-state index contributed by atoms with van der Waals surface area (Å²) in [6, 6.07) is 12.4. The molecule has 1 aliphatic heterocycles. The van der Waals surface area contributed by atoms with Crippen LogP contribution < -0.4 is 14.4 Å². The Labute approximate surface area is 174 Å². The minimum absolute atomic E-state index is 0.0445. The number of carbonyl (C=O) groups excluding carboxylic acids is 2. The highest BCUT2D eigenvalue weighted by Crippen LogP contribution is 2.53. The number of hydrogen-bond donors (Lipinski definition) is 1. The molecule has 0 radical (unpaired) electrons. The number of carbonyl (C=O) groups is 2. The zero-order valence-electron chi connectivity index (χ0n) is 16.2. The quantitative estimate of drug-likeness (QED) is 0.589. The van der Waals surface area contributed by atoms with Crippen molar-refractivity contribution in [2.75, 3.05) is 16.7 Å². The Kier molecular flexibility index (Phi) is 4.21. The van der Waals surface area contributed by atoms with E-state index in [0.29, 0.717) is 17.1 Å². The lowest BCUT2D eigenvalue weighted by Gasteiger charge is -2.17. The number of benzene rings is 2. The summed E-state index contributed by atoms with van der Waals surface area (Å²) in [5, 5.41) is 0. The number of rotatable bonds is 5. The van der Waals surface area contributed by atoms with Gasteiger partial charge in [-0.1, -0.05) is 12.2 Å². The average molecular weight is 424 g/mol. The van der Waals surface area contributed by atoms with Crippen LogP contribution in [-0.4, -0.2) is 27.3 Å². The zero-order valence-corrected chi connectivity index (χ0v) is 17.0. The van der Waals surface area contributed by atoms with Crippen molar-refractivity contribution in [2.45, 2.75) is 11.3 Å².